The first-order valence-electron chi connectivity index (χ1n) is 10.7. The van der Waals surface area contributed by atoms with Gasteiger partial charge in [0.15, 0.2) is 6.23 Å². The largest absolute Gasteiger partial charge is 0.445 e. The Morgan fingerprint density at radius 1 is 1.24 bits per heavy atom. The molecule has 10 nitrogen and oxygen atoms in total. The van der Waals surface area contributed by atoms with Crippen LogP contribution in [0.2, 0.25) is 5.02 Å². The van der Waals surface area contributed by atoms with Gasteiger partial charge in [0.05, 0.1) is 28.6 Å². The topological polar surface area (TPSA) is 129 Å². The fourth-order valence-corrected chi connectivity index (χ4v) is 4.18. The molecule has 34 heavy (non-hydrogen) atoms. The van der Waals surface area contributed by atoms with Crippen LogP contribution in [-0.4, -0.2) is 38.3 Å². The highest BCUT2D eigenvalue weighted by atomic mass is 35.5. The zero-order valence-corrected chi connectivity index (χ0v) is 18.7. The highest BCUT2D eigenvalue weighted by Crippen LogP contribution is 2.34. The van der Waals surface area contributed by atoms with E-state index in [2.05, 4.69) is 15.5 Å². The second-order valence-corrected chi connectivity index (χ2v) is 8.16. The molecule has 3 N–H and O–H groups in total. The molecule has 0 spiro atoms. The maximum Gasteiger partial charge on any atom is 0.341 e. The first kappa shape index (κ1) is 21.9. The number of hydrazine groups is 1. The smallest absolute Gasteiger partial charge is 0.341 e. The Hall–Kier alpha value is -3.89. The van der Waals surface area contributed by atoms with Crippen molar-refractivity contribution in [3.05, 3.63) is 65.6 Å². The summed E-state index contributed by atoms with van der Waals surface area (Å²) in [6.45, 7) is 0.687. The number of nitrogens with one attached hydrogen (secondary N) is 1. The minimum atomic E-state index is -0.992. The summed E-state index contributed by atoms with van der Waals surface area (Å²) >= 11 is 6.62. The highest BCUT2D eigenvalue weighted by Gasteiger charge is 2.24. The van der Waals surface area contributed by atoms with E-state index in [1.54, 1.807) is 47.3 Å². The number of rotatable bonds is 5. The van der Waals surface area contributed by atoms with Crippen molar-refractivity contribution in [2.24, 2.45) is 5.73 Å². The molecule has 1 unspecified atom stereocenters. The van der Waals surface area contributed by atoms with E-state index >= 15 is 0 Å². The van der Waals surface area contributed by atoms with Gasteiger partial charge in [-0.05, 0) is 49.6 Å². The maximum atomic E-state index is 13.1. The molecule has 0 aliphatic carbocycles. The molecule has 3 heterocycles. The Kier molecular flexibility index (Phi) is 5.91. The molecule has 2 aromatic heterocycles. The van der Waals surface area contributed by atoms with Gasteiger partial charge in [-0.1, -0.05) is 17.7 Å². The van der Waals surface area contributed by atoms with Crippen molar-refractivity contribution in [2.75, 3.05) is 12.0 Å². The van der Waals surface area contributed by atoms with Crippen LogP contribution in [-0.2, 0) is 4.74 Å². The zero-order valence-electron chi connectivity index (χ0n) is 18.0. The van der Waals surface area contributed by atoms with Gasteiger partial charge in [-0.15, -0.1) is 0 Å². The Morgan fingerprint density at radius 2 is 2.12 bits per heavy atom. The first-order valence-corrected chi connectivity index (χ1v) is 11.1. The van der Waals surface area contributed by atoms with Gasteiger partial charge in [0.2, 0.25) is 5.89 Å². The van der Waals surface area contributed by atoms with Crippen LogP contribution in [0, 0.1) is 0 Å². The number of imide groups is 1. The zero-order chi connectivity index (χ0) is 23.7. The van der Waals surface area contributed by atoms with Crippen LogP contribution in [0.1, 0.15) is 35.8 Å². The van der Waals surface area contributed by atoms with Crippen molar-refractivity contribution in [3.63, 3.8) is 0 Å². The second kappa shape index (κ2) is 9.16. The van der Waals surface area contributed by atoms with E-state index in [9.17, 15) is 9.59 Å². The van der Waals surface area contributed by atoms with Gasteiger partial charge in [-0.3, -0.25) is 10.2 Å². The van der Waals surface area contributed by atoms with Gasteiger partial charge in [0.25, 0.3) is 5.91 Å². The number of urea groups is 1. The third kappa shape index (κ3) is 4.09. The predicted molar refractivity (Wildman–Crippen MR) is 125 cm³/mol. The van der Waals surface area contributed by atoms with Gasteiger partial charge < -0.3 is 14.9 Å². The molecular weight excluding hydrogens is 460 g/mol. The molecule has 4 aromatic rings. The van der Waals surface area contributed by atoms with Crippen molar-refractivity contribution in [1.29, 1.82) is 0 Å². The van der Waals surface area contributed by atoms with Gasteiger partial charge in [0.1, 0.15) is 6.26 Å². The van der Waals surface area contributed by atoms with E-state index in [-0.39, 0.29) is 11.8 Å². The molecule has 1 fully saturated rings. The van der Waals surface area contributed by atoms with Crippen molar-refractivity contribution in [3.8, 4) is 11.5 Å². The summed E-state index contributed by atoms with van der Waals surface area (Å²) < 4.78 is 12.9. The summed E-state index contributed by atoms with van der Waals surface area (Å²) in [5.41, 5.74) is 10.2. The van der Waals surface area contributed by atoms with Crippen LogP contribution in [0.5, 0.6) is 0 Å². The van der Waals surface area contributed by atoms with E-state index in [1.165, 1.54) is 12.5 Å². The maximum absolute atomic E-state index is 13.1. The summed E-state index contributed by atoms with van der Waals surface area (Å²) in [5.74, 6) is -0.316. The van der Waals surface area contributed by atoms with Crippen LogP contribution in [0.25, 0.3) is 22.4 Å². The summed E-state index contributed by atoms with van der Waals surface area (Å²) in [6.07, 6.45) is 7.38. The molecule has 11 heteroatoms. The number of hydrogen-bond acceptors (Lipinski definition) is 7. The molecule has 0 saturated carbocycles. The van der Waals surface area contributed by atoms with Crippen molar-refractivity contribution in [2.45, 2.75) is 25.5 Å². The van der Waals surface area contributed by atoms with Crippen molar-refractivity contribution < 1.29 is 18.7 Å². The summed E-state index contributed by atoms with van der Waals surface area (Å²) in [7, 11) is 0. The second-order valence-electron chi connectivity index (χ2n) is 7.78. The van der Waals surface area contributed by atoms with Crippen molar-refractivity contribution in [1.82, 2.24) is 19.8 Å². The Morgan fingerprint density at radius 3 is 2.85 bits per heavy atom. The standard InChI is InChI=1S/C23H21ClN6O4/c24-20-16-13-27-29(19-6-1-2-10-33-19)18(16)8-7-17(20)28-30(23(25)32)22(31)15-5-3-4-14(12-15)21-26-9-11-34-21/h3-5,7-9,11-13,19,28H,1-2,6,10H2,(H2,25,32). The van der Waals surface area contributed by atoms with Gasteiger partial charge in [0, 0.05) is 23.1 Å². The number of carbonyl (C=O) groups is 2. The Labute approximate surface area is 199 Å². The molecular formula is C23H21ClN6O4. The lowest BCUT2D eigenvalue weighted by atomic mass is 10.1. The van der Waals surface area contributed by atoms with Crippen molar-refractivity contribution >= 4 is 40.1 Å². The average molecular weight is 481 g/mol. The predicted octanol–water partition coefficient (Wildman–Crippen LogP) is 4.59. The van der Waals surface area contributed by atoms with Gasteiger partial charge in [-0.2, -0.15) is 10.1 Å². The number of oxazole rings is 1. The van der Waals surface area contributed by atoms with Crippen LogP contribution in [0.3, 0.4) is 0 Å². The third-order valence-electron chi connectivity index (χ3n) is 5.59. The average Bonchev–Trinajstić information content (AvgIpc) is 3.55. The molecule has 1 aliphatic heterocycles. The molecule has 0 bridgehead atoms. The van der Waals surface area contributed by atoms with Gasteiger partial charge >= 0.3 is 6.03 Å². The number of hydrogen-bond donors (Lipinski definition) is 2. The number of carbonyl (C=O) groups excluding carboxylic acids is 2. The normalized spacial score (nSPS) is 15.9. The van der Waals surface area contributed by atoms with Crippen LogP contribution in [0.4, 0.5) is 10.5 Å². The number of fused-ring (bicyclic) bond motifs is 1. The SMILES string of the molecule is NC(=O)N(Nc1ccc2c(cnn2C2CCCCO2)c1Cl)C(=O)c1cccc(-c2ncco2)c1. The summed E-state index contributed by atoms with van der Waals surface area (Å²) in [4.78, 5) is 29.4. The minimum Gasteiger partial charge on any atom is -0.445 e. The molecule has 3 amide bonds. The highest BCUT2D eigenvalue weighted by molar-refractivity contribution is 6.38. The molecule has 5 rings (SSSR count). The van der Waals surface area contributed by atoms with E-state index in [1.807, 2.05) is 0 Å². The van der Waals surface area contributed by atoms with Crippen LogP contribution < -0.4 is 11.2 Å². The number of benzene rings is 2. The Balaban J connectivity index is 1.43. The first-order chi connectivity index (χ1) is 16.5. The quantitative estimate of drug-likeness (QED) is 0.399. The van der Waals surface area contributed by atoms with E-state index in [4.69, 9.17) is 26.5 Å². The molecule has 1 atom stereocenters. The molecule has 0 radical (unpaired) electrons. The number of ether oxygens (including phenoxy) is 1. The molecule has 1 aliphatic rings. The monoisotopic (exact) mass is 480 g/mol. The summed E-state index contributed by atoms with van der Waals surface area (Å²) in [5, 5.41) is 6.10. The number of aromatic nitrogens is 3. The minimum absolute atomic E-state index is 0.152. The fraction of sp³-hybridized carbons (Fsp3) is 0.217. The summed E-state index contributed by atoms with van der Waals surface area (Å²) in [6, 6.07) is 9.00. The van der Waals surface area contributed by atoms with Gasteiger partial charge in [-0.25, -0.2) is 14.5 Å². The van der Waals surface area contributed by atoms with E-state index in [0.29, 0.717) is 39.2 Å². The molecule has 2 aromatic carbocycles. The Bertz CT molecular complexity index is 1350. The van der Waals surface area contributed by atoms with Crippen LogP contribution in [0.15, 0.2) is 59.5 Å². The van der Waals surface area contributed by atoms with Crippen LogP contribution >= 0.6 is 11.6 Å². The number of nitrogens with two attached hydrogens (primary N) is 1. The number of halogens is 1. The lowest BCUT2D eigenvalue weighted by Gasteiger charge is -2.24. The number of primary amides is 1. The van der Waals surface area contributed by atoms with E-state index < -0.39 is 11.9 Å². The third-order valence-corrected chi connectivity index (χ3v) is 5.99. The number of amides is 3. The number of anilines is 1. The molecule has 174 valence electrons. The lowest BCUT2D eigenvalue weighted by molar-refractivity contribution is -0.0366. The fourth-order valence-electron chi connectivity index (χ4n) is 3.93. The van der Waals surface area contributed by atoms with E-state index in [0.717, 1.165) is 24.8 Å². The lowest BCUT2D eigenvalue weighted by Crippen LogP contribution is -2.44. The number of nitrogens with zero attached hydrogens (tertiary/aromatic N) is 4. The molecule has 1 saturated heterocycles.